The highest BCUT2D eigenvalue weighted by Crippen LogP contribution is 2.20. The number of carbonyl (C=O) groups excluding carboxylic acids is 2. The molecule has 0 radical (unpaired) electrons. The van der Waals surface area contributed by atoms with Crippen LogP contribution in [0.5, 0.6) is 6.01 Å². The quantitative estimate of drug-likeness (QED) is 0.448. The summed E-state index contributed by atoms with van der Waals surface area (Å²) in [6.45, 7) is 1.54. The van der Waals surface area contributed by atoms with Gasteiger partial charge < -0.3 is 9.47 Å². The predicted octanol–water partition coefficient (Wildman–Crippen LogP) is 1.09. The molecule has 0 aliphatic carbocycles. The summed E-state index contributed by atoms with van der Waals surface area (Å²) in [7, 11) is -1.94. The summed E-state index contributed by atoms with van der Waals surface area (Å²) in [5, 5.41) is 2.17. The van der Waals surface area contributed by atoms with Gasteiger partial charge >= 0.3 is 18.0 Å². The molecule has 2 amide bonds. The lowest BCUT2D eigenvalue weighted by Crippen LogP contribution is -2.35. The molecule has 144 valence electrons. The van der Waals surface area contributed by atoms with Gasteiger partial charge in [-0.1, -0.05) is 0 Å². The monoisotopic (exact) mass is 507 g/mol. The number of carbonyl (C=O) groups is 2. The predicted molar refractivity (Wildman–Crippen MR) is 101 cm³/mol. The van der Waals surface area contributed by atoms with Crippen LogP contribution in [0.1, 0.15) is 16.2 Å². The lowest BCUT2D eigenvalue weighted by molar-refractivity contribution is 0.0596. The van der Waals surface area contributed by atoms with Crippen molar-refractivity contribution in [2.24, 2.45) is 0 Å². The minimum atomic E-state index is -4.38. The third-order valence-corrected chi connectivity index (χ3v) is 5.04. The van der Waals surface area contributed by atoms with Crippen molar-refractivity contribution in [1.82, 2.24) is 19.7 Å². The first-order valence-electron chi connectivity index (χ1n) is 7.14. The zero-order valence-electron chi connectivity index (χ0n) is 14.3. The van der Waals surface area contributed by atoms with E-state index in [4.69, 9.17) is 4.74 Å². The number of anilines is 1. The molecular formula is C14H14IN5O6S. The van der Waals surface area contributed by atoms with Crippen LogP contribution in [0.15, 0.2) is 23.1 Å². The van der Waals surface area contributed by atoms with E-state index in [1.165, 1.54) is 25.3 Å². The summed E-state index contributed by atoms with van der Waals surface area (Å²) < 4.78 is 36.9. The van der Waals surface area contributed by atoms with Crippen molar-refractivity contribution in [3.8, 4) is 6.01 Å². The minimum Gasteiger partial charge on any atom is -0.467 e. The van der Waals surface area contributed by atoms with Gasteiger partial charge in [0.2, 0.25) is 5.95 Å². The molecule has 0 bridgehead atoms. The molecule has 0 fully saturated rings. The molecule has 1 aromatic carbocycles. The van der Waals surface area contributed by atoms with Gasteiger partial charge in [0.15, 0.2) is 0 Å². The van der Waals surface area contributed by atoms with Crippen molar-refractivity contribution >= 4 is 50.6 Å². The highest BCUT2D eigenvalue weighted by Gasteiger charge is 2.26. The molecule has 0 aliphatic heterocycles. The fourth-order valence-electron chi connectivity index (χ4n) is 1.91. The second-order valence-corrected chi connectivity index (χ2v) is 7.78. The number of rotatable bonds is 5. The molecule has 2 N–H and O–H groups in total. The zero-order chi connectivity index (χ0) is 20.2. The number of benzene rings is 1. The largest absolute Gasteiger partial charge is 0.467 e. The SMILES string of the molecule is COC(=O)c1ccc(I)cc1S(=O)(=O)NC(=O)Nc1nc(C)nc(OC)n1. The van der Waals surface area contributed by atoms with E-state index in [0.29, 0.717) is 3.57 Å². The van der Waals surface area contributed by atoms with Crippen molar-refractivity contribution in [2.45, 2.75) is 11.8 Å². The first-order valence-corrected chi connectivity index (χ1v) is 9.71. The smallest absolute Gasteiger partial charge is 0.339 e. The Hall–Kier alpha value is -2.55. The zero-order valence-corrected chi connectivity index (χ0v) is 17.3. The summed E-state index contributed by atoms with van der Waals surface area (Å²) in [4.78, 5) is 35.0. The Morgan fingerprint density at radius 3 is 2.48 bits per heavy atom. The summed E-state index contributed by atoms with van der Waals surface area (Å²) in [6, 6.07) is 2.88. The van der Waals surface area contributed by atoms with Crippen LogP contribution >= 0.6 is 22.6 Å². The molecule has 2 rings (SSSR count). The molecule has 0 saturated heterocycles. The second-order valence-electron chi connectivity index (χ2n) is 4.88. The highest BCUT2D eigenvalue weighted by molar-refractivity contribution is 14.1. The number of nitrogens with one attached hydrogen (secondary N) is 2. The van der Waals surface area contributed by atoms with Gasteiger partial charge in [-0.2, -0.15) is 15.0 Å². The average Bonchev–Trinajstić information content (AvgIpc) is 2.59. The molecule has 1 heterocycles. The number of halogens is 1. The maximum atomic E-state index is 12.6. The van der Waals surface area contributed by atoms with Crippen LogP contribution in [0.4, 0.5) is 10.7 Å². The Balaban J connectivity index is 2.29. The number of sulfonamides is 1. The second kappa shape index (κ2) is 8.43. The van der Waals surface area contributed by atoms with Crippen molar-refractivity contribution in [3.63, 3.8) is 0 Å². The summed E-state index contributed by atoms with van der Waals surface area (Å²) in [5.41, 5.74) is -0.212. The molecule has 11 nitrogen and oxygen atoms in total. The van der Waals surface area contributed by atoms with Gasteiger partial charge in [-0.25, -0.2) is 22.7 Å². The third-order valence-electron chi connectivity index (χ3n) is 3.00. The number of hydrogen-bond donors (Lipinski definition) is 2. The van der Waals surface area contributed by atoms with Crippen LogP contribution in [0.25, 0.3) is 0 Å². The Kier molecular flexibility index (Phi) is 6.48. The maximum Gasteiger partial charge on any atom is 0.339 e. The van der Waals surface area contributed by atoms with Crippen LogP contribution in [0.3, 0.4) is 0 Å². The van der Waals surface area contributed by atoms with Crippen LogP contribution < -0.4 is 14.8 Å². The number of aryl methyl sites for hydroxylation is 1. The topological polar surface area (TPSA) is 149 Å². The van der Waals surface area contributed by atoms with Gasteiger partial charge in [0.25, 0.3) is 10.0 Å². The lowest BCUT2D eigenvalue weighted by Gasteiger charge is -2.11. The van der Waals surface area contributed by atoms with Crippen LogP contribution in [-0.2, 0) is 14.8 Å². The number of nitrogens with zero attached hydrogens (tertiary/aromatic N) is 3. The maximum absolute atomic E-state index is 12.6. The van der Waals surface area contributed by atoms with Gasteiger partial charge in [0.05, 0.1) is 19.8 Å². The van der Waals surface area contributed by atoms with Crippen LogP contribution in [0, 0.1) is 10.5 Å². The number of esters is 1. The van der Waals surface area contributed by atoms with E-state index in [9.17, 15) is 18.0 Å². The average molecular weight is 507 g/mol. The number of methoxy groups -OCH3 is 2. The molecule has 0 spiro atoms. The van der Waals surface area contributed by atoms with E-state index in [0.717, 1.165) is 7.11 Å². The van der Waals surface area contributed by atoms with E-state index in [1.54, 1.807) is 11.6 Å². The molecular weight excluding hydrogens is 493 g/mol. The molecule has 0 saturated carbocycles. The van der Waals surface area contributed by atoms with E-state index in [-0.39, 0.29) is 23.3 Å². The van der Waals surface area contributed by atoms with Crippen molar-refractivity contribution < 1.29 is 27.5 Å². The fourth-order valence-corrected chi connectivity index (χ4v) is 3.74. The third kappa shape index (κ3) is 5.22. The Morgan fingerprint density at radius 1 is 1.15 bits per heavy atom. The number of ether oxygens (including phenoxy) is 2. The lowest BCUT2D eigenvalue weighted by atomic mass is 10.2. The van der Waals surface area contributed by atoms with E-state index in [1.807, 2.05) is 22.6 Å². The first kappa shape index (κ1) is 20.8. The normalized spacial score (nSPS) is 10.8. The van der Waals surface area contributed by atoms with E-state index >= 15 is 0 Å². The van der Waals surface area contributed by atoms with Crippen molar-refractivity contribution in [3.05, 3.63) is 33.2 Å². The fraction of sp³-hybridized carbons (Fsp3) is 0.214. The van der Waals surface area contributed by atoms with Crippen molar-refractivity contribution in [2.75, 3.05) is 19.5 Å². The number of amides is 2. The Morgan fingerprint density at radius 2 is 1.85 bits per heavy atom. The molecule has 27 heavy (non-hydrogen) atoms. The van der Waals surface area contributed by atoms with Gasteiger partial charge in [0.1, 0.15) is 10.7 Å². The molecule has 0 aliphatic rings. The Bertz CT molecular complexity index is 997. The number of aromatic nitrogens is 3. The molecule has 13 heteroatoms. The van der Waals surface area contributed by atoms with Crippen molar-refractivity contribution in [1.29, 1.82) is 0 Å². The van der Waals surface area contributed by atoms with Gasteiger partial charge in [-0.05, 0) is 47.7 Å². The standard InChI is InChI=1S/C14H14IN5O6S/c1-7-16-12(19-14(17-7)26-3)18-13(22)20-27(23,24)10-6-8(15)4-5-9(10)11(21)25-2/h4-6H,1-3H3,(H2,16,17,18,19,20,22). The molecule has 2 aromatic rings. The molecule has 0 atom stereocenters. The minimum absolute atomic E-state index is 0.0498. The van der Waals surface area contributed by atoms with Crippen LogP contribution in [-0.4, -0.2) is 49.6 Å². The molecule has 1 aromatic heterocycles. The summed E-state index contributed by atoms with van der Waals surface area (Å²) in [6.07, 6.45) is 0. The van der Waals surface area contributed by atoms with Crippen LogP contribution in [0.2, 0.25) is 0 Å². The van der Waals surface area contributed by atoms with Gasteiger partial charge in [-0.15, -0.1) is 0 Å². The summed E-state index contributed by atoms with van der Waals surface area (Å²) >= 11 is 1.88. The highest BCUT2D eigenvalue weighted by atomic mass is 127. The van der Waals surface area contributed by atoms with Gasteiger partial charge in [0, 0.05) is 3.57 Å². The Labute approximate surface area is 168 Å². The summed E-state index contributed by atoms with van der Waals surface area (Å²) in [5.74, 6) is -0.807. The molecule has 0 unspecified atom stereocenters. The first-order chi connectivity index (χ1) is 12.7. The number of hydrogen-bond acceptors (Lipinski definition) is 9. The number of urea groups is 1. The van der Waals surface area contributed by atoms with Gasteiger partial charge in [-0.3, -0.25) is 5.32 Å². The van der Waals surface area contributed by atoms with E-state index < -0.39 is 26.9 Å². The van der Waals surface area contributed by atoms with E-state index in [2.05, 4.69) is 25.0 Å².